The first-order valence-electron chi connectivity index (χ1n) is 5.49. The summed E-state index contributed by atoms with van der Waals surface area (Å²) in [5, 5.41) is 3.46. The fourth-order valence-corrected chi connectivity index (χ4v) is 1.53. The van der Waals surface area contributed by atoms with E-state index in [9.17, 15) is 4.39 Å². The monoisotopic (exact) mass is 261 g/mol. The summed E-state index contributed by atoms with van der Waals surface area (Å²) < 4.78 is 23.0. The average molecular weight is 262 g/mol. The molecule has 0 aromatic heterocycles. The SMILES string of the molecule is COCCCOCCNc1ccc(F)cc1Cl. The molecule has 1 rings (SSSR count). The zero-order valence-electron chi connectivity index (χ0n) is 9.84. The van der Waals surface area contributed by atoms with Crippen LogP contribution in [-0.2, 0) is 9.47 Å². The van der Waals surface area contributed by atoms with E-state index in [-0.39, 0.29) is 5.82 Å². The molecule has 1 aromatic rings. The van der Waals surface area contributed by atoms with Gasteiger partial charge >= 0.3 is 0 Å². The molecule has 0 atom stereocenters. The molecular weight excluding hydrogens is 245 g/mol. The fraction of sp³-hybridized carbons (Fsp3) is 0.500. The van der Waals surface area contributed by atoms with Gasteiger partial charge < -0.3 is 14.8 Å². The quantitative estimate of drug-likeness (QED) is 0.730. The number of ether oxygens (including phenoxy) is 2. The summed E-state index contributed by atoms with van der Waals surface area (Å²) in [6.07, 6.45) is 0.883. The minimum absolute atomic E-state index is 0.337. The molecule has 0 bridgehead atoms. The van der Waals surface area contributed by atoms with Crippen LogP contribution >= 0.6 is 11.6 Å². The van der Waals surface area contributed by atoms with Gasteiger partial charge in [-0.25, -0.2) is 4.39 Å². The molecule has 96 valence electrons. The Kier molecular flexibility index (Phi) is 6.93. The Balaban J connectivity index is 2.14. The average Bonchev–Trinajstić information content (AvgIpc) is 2.30. The van der Waals surface area contributed by atoms with Crippen molar-refractivity contribution < 1.29 is 13.9 Å². The number of halogens is 2. The van der Waals surface area contributed by atoms with E-state index < -0.39 is 0 Å². The first kappa shape index (κ1) is 14.2. The summed E-state index contributed by atoms with van der Waals surface area (Å²) in [7, 11) is 1.66. The molecule has 0 saturated heterocycles. The molecule has 0 aliphatic carbocycles. The van der Waals surface area contributed by atoms with Gasteiger partial charge in [0, 0.05) is 26.9 Å². The second kappa shape index (κ2) is 8.28. The number of methoxy groups -OCH3 is 1. The summed E-state index contributed by atoms with van der Waals surface area (Å²) >= 11 is 5.85. The lowest BCUT2D eigenvalue weighted by Crippen LogP contribution is -2.11. The van der Waals surface area contributed by atoms with Crippen molar-refractivity contribution in [3.63, 3.8) is 0 Å². The van der Waals surface area contributed by atoms with E-state index in [1.807, 2.05) is 0 Å². The highest BCUT2D eigenvalue weighted by Gasteiger charge is 2.00. The maximum Gasteiger partial charge on any atom is 0.124 e. The van der Waals surface area contributed by atoms with Crippen molar-refractivity contribution in [3.05, 3.63) is 29.0 Å². The van der Waals surface area contributed by atoms with Crippen molar-refractivity contribution in [2.45, 2.75) is 6.42 Å². The normalized spacial score (nSPS) is 10.5. The van der Waals surface area contributed by atoms with Crippen LogP contribution in [0.3, 0.4) is 0 Å². The largest absolute Gasteiger partial charge is 0.385 e. The molecule has 1 N–H and O–H groups in total. The number of nitrogens with one attached hydrogen (secondary N) is 1. The third-order valence-electron chi connectivity index (χ3n) is 2.13. The predicted octanol–water partition coefficient (Wildman–Crippen LogP) is 2.94. The maximum atomic E-state index is 12.8. The molecule has 3 nitrogen and oxygen atoms in total. The highest BCUT2D eigenvalue weighted by atomic mass is 35.5. The van der Waals surface area contributed by atoms with Gasteiger partial charge in [-0.3, -0.25) is 0 Å². The smallest absolute Gasteiger partial charge is 0.124 e. The summed E-state index contributed by atoms with van der Waals surface area (Å²) in [6, 6.07) is 4.26. The summed E-state index contributed by atoms with van der Waals surface area (Å²) in [6.45, 7) is 2.60. The van der Waals surface area contributed by atoms with Crippen molar-refractivity contribution >= 4 is 17.3 Å². The standard InChI is InChI=1S/C12H17ClFNO2/c1-16-6-2-7-17-8-5-15-12-4-3-10(14)9-11(12)13/h3-4,9,15H,2,5-8H2,1H3. The lowest BCUT2D eigenvalue weighted by molar-refractivity contribution is 0.109. The molecule has 0 aliphatic rings. The molecule has 0 aliphatic heterocycles. The first-order chi connectivity index (χ1) is 8.24. The van der Waals surface area contributed by atoms with Crippen LogP contribution < -0.4 is 5.32 Å². The Morgan fingerprint density at radius 3 is 2.82 bits per heavy atom. The Morgan fingerprint density at radius 1 is 1.29 bits per heavy atom. The lowest BCUT2D eigenvalue weighted by atomic mass is 10.3. The predicted molar refractivity (Wildman–Crippen MR) is 67.2 cm³/mol. The number of rotatable bonds is 8. The van der Waals surface area contributed by atoms with Gasteiger partial charge in [-0.2, -0.15) is 0 Å². The van der Waals surface area contributed by atoms with Crippen molar-refractivity contribution in [2.24, 2.45) is 0 Å². The Morgan fingerprint density at radius 2 is 2.12 bits per heavy atom. The third kappa shape index (κ3) is 5.86. The summed E-state index contributed by atoms with van der Waals surface area (Å²) in [5.74, 6) is -0.337. The van der Waals surface area contributed by atoms with Crippen LogP contribution in [0.25, 0.3) is 0 Å². The number of anilines is 1. The maximum absolute atomic E-state index is 12.8. The molecule has 0 saturated carbocycles. The zero-order chi connectivity index (χ0) is 12.5. The van der Waals surface area contributed by atoms with Crippen LogP contribution in [-0.4, -0.2) is 33.5 Å². The van der Waals surface area contributed by atoms with Gasteiger partial charge in [-0.1, -0.05) is 11.6 Å². The molecule has 0 heterocycles. The van der Waals surface area contributed by atoms with Crippen molar-refractivity contribution in [1.29, 1.82) is 0 Å². The number of hydrogen-bond donors (Lipinski definition) is 1. The van der Waals surface area contributed by atoms with Crippen molar-refractivity contribution in [2.75, 3.05) is 38.8 Å². The molecule has 1 aromatic carbocycles. The molecule has 5 heteroatoms. The topological polar surface area (TPSA) is 30.5 Å². The van der Waals surface area contributed by atoms with Crippen LogP contribution in [0.15, 0.2) is 18.2 Å². The van der Waals surface area contributed by atoms with Crippen molar-refractivity contribution in [3.8, 4) is 0 Å². The molecule has 17 heavy (non-hydrogen) atoms. The van der Waals surface area contributed by atoms with Gasteiger partial charge in [-0.15, -0.1) is 0 Å². The van der Waals surface area contributed by atoms with Crippen LogP contribution in [0.1, 0.15) is 6.42 Å². The minimum Gasteiger partial charge on any atom is -0.385 e. The molecule has 0 amide bonds. The van der Waals surface area contributed by atoms with E-state index >= 15 is 0 Å². The van der Waals surface area contributed by atoms with Gasteiger partial charge in [0.15, 0.2) is 0 Å². The fourth-order valence-electron chi connectivity index (χ4n) is 1.30. The minimum atomic E-state index is -0.337. The van der Waals surface area contributed by atoms with E-state index in [1.165, 1.54) is 12.1 Å². The summed E-state index contributed by atoms with van der Waals surface area (Å²) in [5.41, 5.74) is 0.716. The van der Waals surface area contributed by atoms with Gasteiger partial charge in [0.2, 0.25) is 0 Å². The number of benzene rings is 1. The second-order valence-electron chi connectivity index (χ2n) is 3.51. The van der Waals surface area contributed by atoms with E-state index in [2.05, 4.69) is 5.32 Å². The Bertz CT molecular complexity index is 336. The van der Waals surface area contributed by atoms with Gasteiger partial charge in [0.25, 0.3) is 0 Å². The second-order valence-corrected chi connectivity index (χ2v) is 3.92. The highest BCUT2D eigenvalue weighted by molar-refractivity contribution is 6.33. The van der Waals surface area contributed by atoms with Crippen LogP contribution in [0, 0.1) is 5.82 Å². The molecule has 0 fully saturated rings. The van der Waals surface area contributed by atoms with Crippen LogP contribution in [0.5, 0.6) is 0 Å². The Hall–Kier alpha value is -0.840. The molecular formula is C12H17ClFNO2. The molecule has 0 radical (unpaired) electrons. The zero-order valence-corrected chi connectivity index (χ0v) is 10.6. The third-order valence-corrected chi connectivity index (χ3v) is 2.44. The Labute approximate surface area is 106 Å². The highest BCUT2D eigenvalue weighted by Crippen LogP contribution is 2.21. The van der Waals surface area contributed by atoms with E-state index in [4.69, 9.17) is 21.1 Å². The van der Waals surface area contributed by atoms with Crippen molar-refractivity contribution in [1.82, 2.24) is 0 Å². The van der Waals surface area contributed by atoms with E-state index in [0.717, 1.165) is 6.42 Å². The van der Waals surface area contributed by atoms with E-state index in [1.54, 1.807) is 13.2 Å². The van der Waals surface area contributed by atoms with Gasteiger partial charge in [0.05, 0.1) is 17.3 Å². The summed E-state index contributed by atoms with van der Waals surface area (Å²) in [4.78, 5) is 0. The number of hydrogen-bond acceptors (Lipinski definition) is 3. The molecule has 0 unspecified atom stereocenters. The molecule has 0 spiro atoms. The van der Waals surface area contributed by atoms with Gasteiger partial charge in [0.1, 0.15) is 5.82 Å². The van der Waals surface area contributed by atoms with Crippen LogP contribution in [0.2, 0.25) is 5.02 Å². The van der Waals surface area contributed by atoms with Crippen LogP contribution in [0.4, 0.5) is 10.1 Å². The van der Waals surface area contributed by atoms with E-state index in [0.29, 0.717) is 37.1 Å². The lowest BCUT2D eigenvalue weighted by Gasteiger charge is -2.08. The first-order valence-corrected chi connectivity index (χ1v) is 5.87. The van der Waals surface area contributed by atoms with Gasteiger partial charge in [-0.05, 0) is 24.6 Å².